The minimum atomic E-state index is -4.78. The van der Waals surface area contributed by atoms with E-state index in [0.29, 0.717) is 12.8 Å². The van der Waals surface area contributed by atoms with Crippen LogP contribution in [0.2, 0.25) is 0 Å². The lowest BCUT2D eigenvalue weighted by Gasteiger charge is -2.18. The lowest BCUT2D eigenvalue weighted by Crippen LogP contribution is -2.43. The Bertz CT molecular complexity index is 1300. The van der Waals surface area contributed by atoms with Crippen molar-refractivity contribution < 1.29 is 47.8 Å². The number of aliphatic hydroxyl groups is 1. The van der Waals surface area contributed by atoms with Gasteiger partial charge in [-0.05, 0) is 89.9 Å². The molecule has 0 bridgehead atoms. The normalized spacial score (nSPS) is 14.6. The Balaban J connectivity index is 3.99. The third kappa shape index (κ3) is 39.5. The first-order valence-corrected chi connectivity index (χ1v) is 23.1. The average Bonchev–Trinajstić information content (AvgIpc) is 3.20. The molecule has 0 saturated heterocycles. The summed E-state index contributed by atoms with van der Waals surface area (Å²) in [5, 5.41) is 21.8. The summed E-state index contributed by atoms with van der Waals surface area (Å²) >= 11 is 0. The Morgan fingerprint density at radius 2 is 1.00 bits per heavy atom. The van der Waals surface area contributed by atoms with Crippen LogP contribution in [0, 0.1) is 0 Å². The van der Waals surface area contributed by atoms with Crippen molar-refractivity contribution in [3.8, 4) is 0 Å². The van der Waals surface area contributed by atoms with Crippen LogP contribution in [0.1, 0.15) is 155 Å². The number of carbonyl (C=O) groups is 3. The number of phosphoric ester groups is 1. The van der Waals surface area contributed by atoms with E-state index in [2.05, 4.69) is 98.2 Å². The largest absolute Gasteiger partial charge is 0.480 e. The van der Waals surface area contributed by atoms with Gasteiger partial charge in [0.25, 0.3) is 0 Å². The zero-order chi connectivity index (χ0) is 42.8. The van der Waals surface area contributed by atoms with Crippen molar-refractivity contribution >= 4 is 25.7 Å². The number of aliphatic carboxylic acids is 1. The summed E-state index contributed by atoms with van der Waals surface area (Å²) in [6.45, 7) is 2.38. The van der Waals surface area contributed by atoms with Crippen molar-refractivity contribution in [1.82, 2.24) is 5.32 Å². The first kappa shape index (κ1) is 54.7. The summed E-state index contributed by atoms with van der Waals surface area (Å²) in [5.41, 5.74) is 0. The number of rotatable bonds is 39. The fraction of sp³-hybridized carbons (Fsp3) is 0.630. The minimum Gasteiger partial charge on any atom is -0.480 e. The molecule has 1 amide bonds. The third-order valence-electron chi connectivity index (χ3n) is 8.67. The highest BCUT2D eigenvalue weighted by Crippen LogP contribution is 2.43. The molecule has 0 aromatic rings. The summed E-state index contributed by atoms with van der Waals surface area (Å²) in [6.07, 6.45) is 49.0. The Labute approximate surface area is 350 Å². The van der Waals surface area contributed by atoms with Crippen molar-refractivity contribution in [2.75, 3.05) is 19.8 Å². The van der Waals surface area contributed by atoms with Crippen LogP contribution in [0.4, 0.5) is 0 Å². The van der Waals surface area contributed by atoms with Gasteiger partial charge in [0.05, 0.1) is 13.2 Å². The summed E-state index contributed by atoms with van der Waals surface area (Å²) < 4.78 is 26.8. The van der Waals surface area contributed by atoms with E-state index < -0.39 is 57.6 Å². The summed E-state index contributed by atoms with van der Waals surface area (Å²) in [4.78, 5) is 45.9. The smallest absolute Gasteiger partial charge is 0.472 e. The van der Waals surface area contributed by atoms with Gasteiger partial charge in [0.2, 0.25) is 5.91 Å². The van der Waals surface area contributed by atoms with Crippen LogP contribution < -0.4 is 5.32 Å². The lowest BCUT2D eigenvalue weighted by molar-refractivity contribution is -0.147. The number of unbranched alkanes of at least 4 members (excludes halogenated alkanes) is 11. The summed E-state index contributed by atoms with van der Waals surface area (Å²) in [5.74, 6) is -2.46. The van der Waals surface area contributed by atoms with Crippen LogP contribution in [-0.2, 0) is 32.7 Å². The molecule has 0 rings (SSSR count). The molecule has 3 unspecified atom stereocenters. The van der Waals surface area contributed by atoms with Gasteiger partial charge in [0, 0.05) is 12.8 Å². The standard InChI is InChI=1S/C46H76NO10P/c1-3-5-7-9-11-13-15-17-19-20-21-22-24-26-28-30-32-34-36-38-45(50)55-39-42(48)40-56-58(53,54)57-41-43(46(51)52)47-44(49)37-35-33-31-29-27-25-23-18-16-14-12-10-8-6-4-2/h6,8,11-14,17-19,21-23,27,29,42-43,48H,3-5,7,9-10,15-16,20,24-26,28,30-41H2,1-2H3,(H,47,49)(H,51,52)(H,53,54)/b8-6-,13-11-,14-12-,19-17-,22-21-,23-18-,29-27-. The molecule has 0 radical (unpaired) electrons. The number of esters is 1. The number of allylic oxidation sites excluding steroid dienone is 14. The van der Waals surface area contributed by atoms with Gasteiger partial charge in [0.15, 0.2) is 6.04 Å². The van der Waals surface area contributed by atoms with Crippen LogP contribution in [0.3, 0.4) is 0 Å². The molecule has 0 aliphatic rings. The van der Waals surface area contributed by atoms with Crippen molar-refractivity contribution in [2.24, 2.45) is 0 Å². The Morgan fingerprint density at radius 1 is 0.569 bits per heavy atom. The van der Waals surface area contributed by atoms with Crippen LogP contribution in [-0.4, -0.2) is 64.9 Å². The number of amides is 1. The summed E-state index contributed by atoms with van der Waals surface area (Å²) in [6, 6.07) is -1.57. The molecule has 0 saturated carbocycles. The monoisotopic (exact) mass is 834 g/mol. The number of nitrogens with one attached hydrogen (secondary N) is 1. The fourth-order valence-electron chi connectivity index (χ4n) is 5.31. The first-order valence-electron chi connectivity index (χ1n) is 21.6. The molecule has 4 N–H and O–H groups in total. The second-order valence-corrected chi connectivity index (χ2v) is 15.6. The van der Waals surface area contributed by atoms with E-state index >= 15 is 0 Å². The molecule has 330 valence electrons. The van der Waals surface area contributed by atoms with E-state index in [0.717, 1.165) is 89.9 Å². The third-order valence-corrected chi connectivity index (χ3v) is 9.62. The van der Waals surface area contributed by atoms with Crippen LogP contribution in [0.5, 0.6) is 0 Å². The predicted molar refractivity (Wildman–Crippen MR) is 235 cm³/mol. The molecule has 0 spiro atoms. The number of carboxylic acid groups (broad SMARTS) is 1. The molecule has 0 aromatic heterocycles. The number of ether oxygens (including phenoxy) is 1. The SMILES string of the molecule is CC/C=C\C/C=C\C/C=C\C/C=C\CCCCC(=O)NC(COP(=O)(O)OCC(O)COC(=O)CCCCCCCC/C=C\C/C=C\C/C=C\CCCCC)C(=O)O. The van der Waals surface area contributed by atoms with E-state index in [1.807, 2.05) is 6.08 Å². The van der Waals surface area contributed by atoms with Gasteiger partial charge >= 0.3 is 19.8 Å². The average molecular weight is 834 g/mol. The van der Waals surface area contributed by atoms with Gasteiger partial charge in [-0.15, -0.1) is 0 Å². The zero-order valence-corrected chi connectivity index (χ0v) is 36.5. The number of phosphoric acid groups is 1. The quantitative estimate of drug-likeness (QED) is 0.0202. The highest BCUT2D eigenvalue weighted by atomic mass is 31.2. The Morgan fingerprint density at radius 3 is 1.52 bits per heavy atom. The van der Waals surface area contributed by atoms with E-state index in [4.69, 9.17) is 13.8 Å². The zero-order valence-electron chi connectivity index (χ0n) is 35.6. The number of aliphatic hydroxyl groups excluding tert-OH is 1. The minimum absolute atomic E-state index is 0.0876. The maximum atomic E-state index is 12.3. The topological polar surface area (TPSA) is 169 Å². The van der Waals surface area contributed by atoms with Gasteiger partial charge in [-0.3, -0.25) is 18.6 Å². The Kier molecular flexibility index (Phi) is 38.1. The predicted octanol–water partition coefficient (Wildman–Crippen LogP) is 11.1. The molecular weight excluding hydrogens is 757 g/mol. The number of hydrogen-bond acceptors (Lipinski definition) is 8. The maximum Gasteiger partial charge on any atom is 0.472 e. The molecule has 0 aliphatic heterocycles. The van der Waals surface area contributed by atoms with E-state index in [-0.39, 0.29) is 12.8 Å². The molecule has 0 aromatic carbocycles. The van der Waals surface area contributed by atoms with Gasteiger partial charge in [-0.25, -0.2) is 9.36 Å². The van der Waals surface area contributed by atoms with Gasteiger partial charge in [0.1, 0.15) is 12.7 Å². The molecule has 0 heterocycles. The second-order valence-electron chi connectivity index (χ2n) is 14.1. The summed E-state index contributed by atoms with van der Waals surface area (Å²) in [7, 11) is -4.78. The van der Waals surface area contributed by atoms with E-state index in [1.165, 1.54) is 25.7 Å². The molecular formula is C46H76NO10P. The van der Waals surface area contributed by atoms with Gasteiger partial charge in [-0.1, -0.05) is 137 Å². The van der Waals surface area contributed by atoms with Gasteiger partial charge < -0.3 is 25.2 Å². The van der Waals surface area contributed by atoms with Crippen LogP contribution in [0.25, 0.3) is 0 Å². The number of carboxylic acids is 1. The lowest BCUT2D eigenvalue weighted by atomic mass is 10.1. The molecule has 12 heteroatoms. The van der Waals surface area contributed by atoms with E-state index in [9.17, 15) is 34.1 Å². The highest BCUT2D eigenvalue weighted by Gasteiger charge is 2.28. The van der Waals surface area contributed by atoms with Crippen molar-refractivity contribution in [3.63, 3.8) is 0 Å². The highest BCUT2D eigenvalue weighted by molar-refractivity contribution is 7.47. The molecule has 3 atom stereocenters. The molecule has 0 aliphatic carbocycles. The van der Waals surface area contributed by atoms with Crippen molar-refractivity contribution in [3.05, 3.63) is 85.1 Å². The maximum absolute atomic E-state index is 12.3. The molecule has 58 heavy (non-hydrogen) atoms. The Hall–Kier alpha value is -3.34. The van der Waals surface area contributed by atoms with Crippen LogP contribution in [0.15, 0.2) is 85.1 Å². The van der Waals surface area contributed by atoms with E-state index in [1.54, 1.807) is 0 Å². The number of carbonyl (C=O) groups excluding carboxylic acids is 2. The molecule has 0 fully saturated rings. The number of hydrogen-bond donors (Lipinski definition) is 4. The van der Waals surface area contributed by atoms with Crippen molar-refractivity contribution in [2.45, 2.75) is 167 Å². The first-order chi connectivity index (χ1) is 28.1. The fourth-order valence-corrected chi connectivity index (χ4v) is 6.08. The van der Waals surface area contributed by atoms with Crippen LogP contribution >= 0.6 is 7.82 Å². The second kappa shape index (κ2) is 40.4. The molecule has 11 nitrogen and oxygen atoms in total. The van der Waals surface area contributed by atoms with Crippen molar-refractivity contribution in [1.29, 1.82) is 0 Å². The van der Waals surface area contributed by atoms with Gasteiger partial charge in [-0.2, -0.15) is 0 Å².